The van der Waals surface area contributed by atoms with Crippen molar-refractivity contribution < 1.29 is 14.3 Å². The third kappa shape index (κ3) is 3.60. The number of benzene rings is 1. The summed E-state index contributed by atoms with van der Waals surface area (Å²) in [6, 6.07) is 7.23. The summed E-state index contributed by atoms with van der Waals surface area (Å²) in [4.78, 5) is 16.0. The van der Waals surface area contributed by atoms with Crippen LogP contribution in [0.5, 0.6) is 11.5 Å². The highest BCUT2D eigenvalue weighted by molar-refractivity contribution is 7.14. The molecule has 6 heteroatoms. The van der Waals surface area contributed by atoms with Gasteiger partial charge >= 0.3 is 0 Å². The molecular formula is C17H15NO3S2. The SMILES string of the molecule is COc1cc(C(C)=O)ccc1OCc1csc(-c2ccsc2)n1. The van der Waals surface area contributed by atoms with Gasteiger partial charge in [-0.05, 0) is 36.6 Å². The van der Waals surface area contributed by atoms with Crippen LogP contribution < -0.4 is 9.47 Å². The molecule has 1 aromatic carbocycles. The van der Waals surface area contributed by atoms with Crippen LogP contribution in [-0.4, -0.2) is 17.9 Å². The normalized spacial score (nSPS) is 10.5. The quantitative estimate of drug-likeness (QED) is 0.610. The van der Waals surface area contributed by atoms with Crippen LogP contribution in [-0.2, 0) is 6.61 Å². The number of aromatic nitrogens is 1. The Labute approximate surface area is 142 Å². The maximum absolute atomic E-state index is 11.4. The summed E-state index contributed by atoms with van der Waals surface area (Å²) in [5.74, 6) is 1.14. The van der Waals surface area contributed by atoms with E-state index < -0.39 is 0 Å². The molecular weight excluding hydrogens is 330 g/mol. The highest BCUT2D eigenvalue weighted by Gasteiger charge is 2.10. The van der Waals surface area contributed by atoms with Crippen molar-refractivity contribution in [3.8, 4) is 22.1 Å². The smallest absolute Gasteiger partial charge is 0.161 e. The maximum Gasteiger partial charge on any atom is 0.161 e. The van der Waals surface area contributed by atoms with Crippen molar-refractivity contribution in [3.63, 3.8) is 0 Å². The molecule has 0 amide bonds. The summed E-state index contributed by atoms with van der Waals surface area (Å²) in [6.07, 6.45) is 0. The molecule has 0 saturated heterocycles. The summed E-state index contributed by atoms with van der Waals surface area (Å²) in [5.41, 5.74) is 2.60. The van der Waals surface area contributed by atoms with E-state index in [4.69, 9.17) is 9.47 Å². The Morgan fingerprint density at radius 3 is 2.78 bits per heavy atom. The van der Waals surface area contributed by atoms with Crippen LogP contribution in [0.1, 0.15) is 23.0 Å². The molecule has 3 rings (SSSR count). The minimum absolute atomic E-state index is 0.00486. The number of carbonyl (C=O) groups excluding carboxylic acids is 1. The summed E-state index contributed by atoms with van der Waals surface area (Å²) in [6.45, 7) is 1.88. The van der Waals surface area contributed by atoms with E-state index in [9.17, 15) is 4.79 Å². The first-order chi connectivity index (χ1) is 11.2. The molecule has 23 heavy (non-hydrogen) atoms. The minimum Gasteiger partial charge on any atom is -0.493 e. The van der Waals surface area contributed by atoms with Crippen molar-refractivity contribution in [2.24, 2.45) is 0 Å². The van der Waals surface area contributed by atoms with Gasteiger partial charge in [0, 0.05) is 21.9 Å². The van der Waals surface area contributed by atoms with Gasteiger partial charge in [0.05, 0.1) is 12.8 Å². The lowest BCUT2D eigenvalue weighted by Crippen LogP contribution is -2.00. The Bertz CT molecular complexity index is 809. The van der Waals surface area contributed by atoms with Crippen LogP contribution in [0, 0.1) is 0 Å². The van der Waals surface area contributed by atoms with Crippen molar-refractivity contribution in [2.45, 2.75) is 13.5 Å². The fraction of sp³-hybridized carbons (Fsp3) is 0.176. The number of hydrogen-bond donors (Lipinski definition) is 0. The number of rotatable bonds is 6. The van der Waals surface area contributed by atoms with E-state index in [1.54, 1.807) is 48.0 Å². The Morgan fingerprint density at radius 1 is 1.22 bits per heavy atom. The van der Waals surface area contributed by atoms with Gasteiger partial charge in [0.15, 0.2) is 17.3 Å². The van der Waals surface area contributed by atoms with Crippen LogP contribution in [0.25, 0.3) is 10.6 Å². The number of ketones is 1. The number of ether oxygens (including phenoxy) is 2. The Kier molecular flexibility index (Phi) is 4.73. The Hall–Kier alpha value is -2.18. The van der Waals surface area contributed by atoms with Gasteiger partial charge < -0.3 is 9.47 Å². The number of Topliss-reactive ketones (excluding diaryl/α,β-unsaturated/α-hetero) is 1. The molecule has 0 spiro atoms. The Balaban J connectivity index is 1.72. The molecule has 0 bridgehead atoms. The molecule has 0 aliphatic heterocycles. The standard InChI is InChI=1S/C17H15NO3S2/c1-11(19)12-3-4-15(16(7-12)20-2)21-8-14-10-23-17(18-14)13-5-6-22-9-13/h3-7,9-10H,8H2,1-2H3. The van der Waals surface area contributed by atoms with Crippen molar-refractivity contribution in [2.75, 3.05) is 7.11 Å². The predicted molar refractivity (Wildman–Crippen MR) is 92.8 cm³/mol. The lowest BCUT2D eigenvalue weighted by Gasteiger charge is -2.10. The monoisotopic (exact) mass is 345 g/mol. The van der Waals surface area contributed by atoms with Gasteiger partial charge in [-0.3, -0.25) is 4.79 Å². The molecule has 0 saturated carbocycles. The van der Waals surface area contributed by atoms with Gasteiger partial charge in [0.1, 0.15) is 11.6 Å². The predicted octanol–water partition coefficient (Wildman–Crippen LogP) is 4.66. The highest BCUT2D eigenvalue weighted by atomic mass is 32.1. The summed E-state index contributed by atoms with van der Waals surface area (Å²) in [7, 11) is 1.56. The van der Waals surface area contributed by atoms with E-state index in [1.807, 2.05) is 10.8 Å². The summed E-state index contributed by atoms with van der Waals surface area (Å²) >= 11 is 3.25. The van der Waals surface area contributed by atoms with E-state index in [0.717, 1.165) is 16.3 Å². The first-order valence-electron chi connectivity index (χ1n) is 6.96. The molecule has 4 nitrogen and oxygen atoms in total. The van der Waals surface area contributed by atoms with E-state index >= 15 is 0 Å². The van der Waals surface area contributed by atoms with E-state index in [-0.39, 0.29) is 5.78 Å². The number of thiophene rings is 1. The molecule has 0 radical (unpaired) electrons. The van der Waals surface area contributed by atoms with Crippen molar-refractivity contribution >= 4 is 28.5 Å². The molecule has 0 unspecified atom stereocenters. The minimum atomic E-state index is -0.00486. The number of methoxy groups -OCH3 is 1. The molecule has 0 fully saturated rings. The maximum atomic E-state index is 11.4. The first-order valence-corrected chi connectivity index (χ1v) is 8.78. The number of thiazole rings is 1. The average molecular weight is 345 g/mol. The fourth-order valence-corrected chi connectivity index (χ4v) is 3.57. The number of hydrogen-bond acceptors (Lipinski definition) is 6. The van der Waals surface area contributed by atoms with Gasteiger partial charge in [0.2, 0.25) is 0 Å². The van der Waals surface area contributed by atoms with Gasteiger partial charge in [-0.25, -0.2) is 4.98 Å². The second-order valence-corrected chi connectivity index (χ2v) is 6.50. The number of carbonyl (C=O) groups is 1. The third-order valence-corrected chi connectivity index (χ3v) is 4.89. The lowest BCUT2D eigenvalue weighted by atomic mass is 10.1. The van der Waals surface area contributed by atoms with E-state index in [0.29, 0.717) is 23.7 Å². The fourth-order valence-electron chi connectivity index (χ4n) is 2.05. The van der Waals surface area contributed by atoms with Gasteiger partial charge in [-0.1, -0.05) is 0 Å². The first kappa shape index (κ1) is 15.7. The van der Waals surface area contributed by atoms with Gasteiger partial charge in [-0.2, -0.15) is 11.3 Å². The van der Waals surface area contributed by atoms with Crippen molar-refractivity contribution in [1.82, 2.24) is 4.98 Å². The van der Waals surface area contributed by atoms with Crippen LogP contribution in [0.2, 0.25) is 0 Å². The molecule has 0 N–H and O–H groups in total. The molecule has 2 heterocycles. The summed E-state index contributed by atoms with van der Waals surface area (Å²) in [5, 5.41) is 7.09. The van der Waals surface area contributed by atoms with Gasteiger partial charge in [-0.15, -0.1) is 11.3 Å². The van der Waals surface area contributed by atoms with Gasteiger partial charge in [0.25, 0.3) is 0 Å². The van der Waals surface area contributed by atoms with E-state index in [1.165, 1.54) is 6.92 Å². The molecule has 3 aromatic rings. The largest absolute Gasteiger partial charge is 0.493 e. The van der Waals surface area contributed by atoms with Crippen molar-refractivity contribution in [1.29, 1.82) is 0 Å². The van der Waals surface area contributed by atoms with Crippen LogP contribution >= 0.6 is 22.7 Å². The molecule has 118 valence electrons. The zero-order chi connectivity index (χ0) is 16.2. The Morgan fingerprint density at radius 2 is 2.09 bits per heavy atom. The highest BCUT2D eigenvalue weighted by Crippen LogP contribution is 2.30. The molecule has 2 aromatic heterocycles. The lowest BCUT2D eigenvalue weighted by molar-refractivity contribution is 0.101. The summed E-state index contributed by atoms with van der Waals surface area (Å²) < 4.78 is 11.1. The van der Waals surface area contributed by atoms with E-state index in [2.05, 4.69) is 16.4 Å². The van der Waals surface area contributed by atoms with Crippen molar-refractivity contribution in [3.05, 3.63) is 51.7 Å². The zero-order valence-electron chi connectivity index (χ0n) is 12.7. The molecule has 0 aliphatic rings. The number of nitrogens with zero attached hydrogens (tertiary/aromatic N) is 1. The molecule has 0 aliphatic carbocycles. The topological polar surface area (TPSA) is 48.4 Å². The van der Waals surface area contributed by atoms with Crippen LogP contribution in [0.4, 0.5) is 0 Å². The van der Waals surface area contributed by atoms with Crippen LogP contribution in [0.15, 0.2) is 40.4 Å². The van der Waals surface area contributed by atoms with Crippen LogP contribution in [0.3, 0.4) is 0 Å². The second-order valence-electron chi connectivity index (χ2n) is 4.87. The zero-order valence-corrected chi connectivity index (χ0v) is 14.4. The molecule has 0 atom stereocenters. The second kappa shape index (κ2) is 6.93. The third-order valence-electron chi connectivity index (χ3n) is 3.27. The average Bonchev–Trinajstić information content (AvgIpc) is 3.23.